The largest absolute Gasteiger partial charge is 0.494 e. The lowest BCUT2D eigenvalue weighted by Gasteiger charge is -2.07. The van der Waals surface area contributed by atoms with E-state index < -0.39 is 11.8 Å². The van der Waals surface area contributed by atoms with Crippen LogP contribution in [0.15, 0.2) is 24.3 Å². The first-order valence-corrected chi connectivity index (χ1v) is 12.2. The van der Waals surface area contributed by atoms with Crippen LogP contribution in [0.3, 0.4) is 0 Å². The van der Waals surface area contributed by atoms with Crippen LogP contribution in [0.5, 0.6) is 5.75 Å². The van der Waals surface area contributed by atoms with Gasteiger partial charge in [0.1, 0.15) is 5.75 Å². The minimum absolute atomic E-state index is 0.159. The zero-order valence-corrected chi connectivity index (χ0v) is 19.0. The van der Waals surface area contributed by atoms with Crippen molar-refractivity contribution in [3.63, 3.8) is 0 Å². The van der Waals surface area contributed by atoms with Gasteiger partial charge < -0.3 is 9.84 Å². The van der Waals surface area contributed by atoms with E-state index in [2.05, 4.69) is 6.92 Å². The molecule has 0 atom stereocenters. The summed E-state index contributed by atoms with van der Waals surface area (Å²) in [4.78, 5) is 22.2. The molecule has 0 bridgehead atoms. The second kappa shape index (κ2) is 18.0. The molecule has 0 aliphatic heterocycles. The lowest BCUT2D eigenvalue weighted by Crippen LogP contribution is -2.12. The number of hydrogen-bond acceptors (Lipinski definition) is 3. The highest BCUT2D eigenvalue weighted by Gasteiger charge is 2.14. The summed E-state index contributed by atoms with van der Waals surface area (Å²) in [6.45, 7) is 2.87. The fraction of sp³-hybridized carbons (Fsp3) is 0.692. The molecule has 1 aromatic rings. The SMILES string of the molecule is CCCCCCCCCCCCCCCCCCOc1cccc(C(=O)C(=O)O)c1. The monoisotopic (exact) mass is 418 g/mol. The summed E-state index contributed by atoms with van der Waals surface area (Å²) in [7, 11) is 0. The van der Waals surface area contributed by atoms with Crippen LogP contribution < -0.4 is 4.74 Å². The third-order valence-corrected chi connectivity index (χ3v) is 5.56. The molecule has 0 heterocycles. The van der Waals surface area contributed by atoms with E-state index in [4.69, 9.17) is 9.84 Å². The van der Waals surface area contributed by atoms with E-state index in [-0.39, 0.29) is 5.56 Å². The predicted octanol–water partition coefficient (Wildman–Crippen LogP) is 7.59. The Morgan fingerprint density at radius 3 is 1.67 bits per heavy atom. The van der Waals surface area contributed by atoms with Crippen LogP contribution in [0.25, 0.3) is 0 Å². The van der Waals surface area contributed by atoms with Gasteiger partial charge in [0.2, 0.25) is 0 Å². The van der Waals surface area contributed by atoms with Gasteiger partial charge in [0.15, 0.2) is 0 Å². The zero-order valence-electron chi connectivity index (χ0n) is 19.0. The minimum atomic E-state index is -1.44. The van der Waals surface area contributed by atoms with Gasteiger partial charge in [0.05, 0.1) is 6.61 Å². The Bertz CT molecular complexity index is 582. The van der Waals surface area contributed by atoms with Crippen molar-refractivity contribution < 1.29 is 19.4 Å². The summed E-state index contributed by atoms with van der Waals surface area (Å²) >= 11 is 0. The molecule has 1 N–H and O–H groups in total. The maximum absolute atomic E-state index is 11.5. The number of aliphatic carboxylic acids is 1. The van der Waals surface area contributed by atoms with Crippen molar-refractivity contribution >= 4 is 11.8 Å². The maximum atomic E-state index is 11.5. The van der Waals surface area contributed by atoms with E-state index in [0.717, 1.165) is 12.8 Å². The number of Topliss-reactive ketones (excluding diaryl/α,β-unsaturated/α-hetero) is 1. The van der Waals surface area contributed by atoms with Crippen molar-refractivity contribution in [3.8, 4) is 5.75 Å². The van der Waals surface area contributed by atoms with E-state index in [1.54, 1.807) is 12.1 Å². The summed E-state index contributed by atoms with van der Waals surface area (Å²) in [5.41, 5.74) is 0.159. The van der Waals surface area contributed by atoms with Gasteiger partial charge in [-0.1, -0.05) is 115 Å². The van der Waals surface area contributed by atoms with Crippen molar-refractivity contribution in [2.24, 2.45) is 0 Å². The molecule has 30 heavy (non-hydrogen) atoms. The Kier molecular flexibility index (Phi) is 15.7. The van der Waals surface area contributed by atoms with Crippen LogP contribution in [-0.2, 0) is 4.79 Å². The Morgan fingerprint density at radius 1 is 0.733 bits per heavy atom. The highest BCUT2D eigenvalue weighted by atomic mass is 16.5. The minimum Gasteiger partial charge on any atom is -0.494 e. The molecule has 4 nitrogen and oxygen atoms in total. The number of ketones is 1. The van der Waals surface area contributed by atoms with Gasteiger partial charge in [-0.15, -0.1) is 0 Å². The van der Waals surface area contributed by atoms with E-state index in [1.807, 2.05) is 0 Å². The summed E-state index contributed by atoms with van der Waals surface area (Å²) in [5.74, 6) is -1.78. The van der Waals surface area contributed by atoms with Gasteiger partial charge in [-0.05, 0) is 18.6 Å². The lowest BCUT2D eigenvalue weighted by molar-refractivity contribution is -0.131. The van der Waals surface area contributed by atoms with Crippen LogP contribution in [0.4, 0.5) is 0 Å². The highest BCUT2D eigenvalue weighted by molar-refractivity contribution is 6.39. The molecular weight excluding hydrogens is 376 g/mol. The maximum Gasteiger partial charge on any atom is 0.377 e. The molecular formula is C26H42O4. The number of carboxylic acid groups (broad SMARTS) is 1. The van der Waals surface area contributed by atoms with Crippen molar-refractivity contribution in [2.75, 3.05) is 6.61 Å². The van der Waals surface area contributed by atoms with E-state index in [9.17, 15) is 9.59 Å². The molecule has 1 aromatic carbocycles. The molecule has 0 fully saturated rings. The molecule has 1 rings (SSSR count). The number of carbonyl (C=O) groups is 2. The summed E-state index contributed by atoms with van der Waals surface area (Å²) in [6.07, 6.45) is 21.4. The summed E-state index contributed by atoms with van der Waals surface area (Å²) < 4.78 is 5.65. The van der Waals surface area contributed by atoms with Crippen LogP contribution in [0, 0.1) is 0 Å². The molecule has 0 aliphatic rings. The molecule has 0 spiro atoms. The zero-order chi connectivity index (χ0) is 21.9. The second-order valence-electron chi connectivity index (χ2n) is 8.31. The number of unbranched alkanes of at least 4 members (excludes halogenated alkanes) is 15. The number of carboxylic acids is 1. The van der Waals surface area contributed by atoms with Crippen molar-refractivity contribution in [1.29, 1.82) is 0 Å². The van der Waals surface area contributed by atoms with Crippen molar-refractivity contribution in [3.05, 3.63) is 29.8 Å². The van der Waals surface area contributed by atoms with Gasteiger partial charge >= 0.3 is 5.97 Å². The standard InChI is InChI=1S/C26H42O4/c1-2-3-4-5-6-7-8-9-10-11-12-13-14-15-16-17-21-30-24-20-18-19-23(22-24)25(27)26(28)29/h18-20,22H,2-17,21H2,1H3,(H,28,29). The smallest absolute Gasteiger partial charge is 0.377 e. The van der Waals surface area contributed by atoms with Crippen LogP contribution >= 0.6 is 0 Å². The van der Waals surface area contributed by atoms with Gasteiger partial charge in [-0.2, -0.15) is 0 Å². The summed E-state index contributed by atoms with van der Waals surface area (Å²) in [6, 6.07) is 6.41. The van der Waals surface area contributed by atoms with Gasteiger partial charge in [0, 0.05) is 5.56 Å². The van der Waals surface area contributed by atoms with E-state index in [0.29, 0.717) is 12.4 Å². The molecule has 0 saturated carbocycles. The van der Waals surface area contributed by atoms with E-state index in [1.165, 1.54) is 102 Å². The van der Waals surface area contributed by atoms with Gasteiger partial charge in [-0.25, -0.2) is 4.79 Å². The van der Waals surface area contributed by atoms with E-state index >= 15 is 0 Å². The third-order valence-electron chi connectivity index (χ3n) is 5.56. The van der Waals surface area contributed by atoms with Gasteiger partial charge in [0.25, 0.3) is 5.78 Å². The average molecular weight is 419 g/mol. The Labute approximate surface area is 183 Å². The Balaban J connectivity index is 1.89. The Hall–Kier alpha value is -1.84. The lowest BCUT2D eigenvalue weighted by atomic mass is 10.0. The number of rotatable bonds is 20. The molecule has 170 valence electrons. The Morgan fingerprint density at radius 2 is 1.20 bits per heavy atom. The number of benzene rings is 1. The number of ether oxygens (including phenoxy) is 1. The van der Waals surface area contributed by atoms with Crippen molar-refractivity contribution in [1.82, 2.24) is 0 Å². The first-order chi connectivity index (χ1) is 14.6. The highest BCUT2D eigenvalue weighted by Crippen LogP contribution is 2.16. The van der Waals surface area contributed by atoms with Crippen LogP contribution in [-0.4, -0.2) is 23.5 Å². The first kappa shape index (κ1) is 26.2. The molecule has 0 radical (unpaired) electrons. The fourth-order valence-corrected chi connectivity index (χ4v) is 3.69. The van der Waals surface area contributed by atoms with Gasteiger partial charge in [-0.3, -0.25) is 4.79 Å². The molecule has 0 aliphatic carbocycles. The topological polar surface area (TPSA) is 63.6 Å². The van der Waals surface area contributed by atoms with Crippen LogP contribution in [0.1, 0.15) is 120 Å². The predicted molar refractivity (Wildman–Crippen MR) is 123 cm³/mol. The normalized spacial score (nSPS) is 10.8. The average Bonchev–Trinajstić information content (AvgIpc) is 2.75. The molecule has 0 amide bonds. The molecule has 4 heteroatoms. The third kappa shape index (κ3) is 13.4. The molecule has 0 aromatic heterocycles. The molecule has 0 saturated heterocycles. The second-order valence-corrected chi connectivity index (χ2v) is 8.31. The molecule has 0 unspecified atom stereocenters. The van der Waals surface area contributed by atoms with Crippen molar-refractivity contribution in [2.45, 2.75) is 110 Å². The summed E-state index contributed by atoms with van der Waals surface area (Å²) in [5, 5.41) is 8.77. The fourth-order valence-electron chi connectivity index (χ4n) is 3.69. The first-order valence-electron chi connectivity index (χ1n) is 12.2. The number of carbonyl (C=O) groups excluding carboxylic acids is 1. The quantitative estimate of drug-likeness (QED) is 0.134. The number of hydrogen-bond donors (Lipinski definition) is 1. The van der Waals surface area contributed by atoms with Crippen LogP contribution in [0.2, 0.25) is 0 Å².